The molecule has 1 atom stereocenters. The van der Waals surface area contributed by atoms with Crippen molar-refractivity contribution in [3.63, 3.8) is 0 Å². The van der Waals surface area contributed by atoms with E-state index in [0.29, 0.717) is 0 Å². The average molecular weight is 268 g/mol. The lowest BCUT2D eigenvalue weighted by Gasteiger charge is -2.14. The van der Waals surface area contributed by atoms with E-state index < -0.39 is 0 Å². The van der Waals surface area contributed by atoms with Crippen molar-refractivity contribution in [3.05, 3.63) is 32.5 Å². The van der Waals surface area contributed by atoms with E-state index >= 15 is 0 Å². The van der Waals surface area contributed by atoms with Gasteiger partial charge in [-0.1, -0.05) is 17.8 Å². The largest absolute Gasteiger partial charge is 0.271 e. The Morgan fingerprint density at radius 3 is 2.88 bits per heavy atom. The third-order valence-electron chi connectivity index (χ3n) is 2.66. The zero-order chi connectivity index (χ0) is 12.3. The summed E-state index contributed by atoms with van der Waals surface area (Å²) in [7, 11) is 0. The van der Waals surface area contributed by atoms with Gasteiger partial charge in [-0.2, -0.15) is 0 Å². The topological polar surface area (TPSA) is 63.8 Å². The molecule has 0 saturated carbocycles. The van der Waals surface area contributed by atoms with Crippen molar-refractivity contribution in [1.82, 2.24) is 15.0 Å². The molecule has 6 heteroatoms. The standard InChI is InChI=1S/C11H16N4S2/c1-3-4-8-11(17-15-14-8)9(13-12)10-7(2)5-6-16-10/h5-6,9,13H,3-4,12H2,1-2H3. The number of nitrogens with two attached hydrogens (primary N) is 1. The Morgan fingerprint density at radius 1 is 1.47 bits per heavy atom. The van der Waals surface area contributed by atoms with Gasteiger partial charge >= 0.3 is 0 Å². The fourth-order valence-electron chi connectivity index (χ4n) is 1.80. The summed E-state index contributed by atoms with van der Waals surface area (Å²) in [6.07, 6.45) is 2.02. The van der Waals surface area contributed by atoms with E-state index in [-0.39, 0.29) is 6.04 Å². The quantitative estimate of drug-likeness (QED) is 0.645. The Morgan fingerprint density at radius 2 is 2.29 bits per heavy atom. The van der Waals surface area contributed by atoms with E-state index in [2.05, 4.69) is 40.3 Å². The predicted octanol–water partition coefficient (Wildman–Crippen LogP) is 2.41. The van der Waals surface area contributed by atoms with E-state index in [0.717, 1.165) is 23.4 Å². The molecule has 2 aromatic heterocycles. The van der Waals surface area contributed by atoms with Crippen LogP contribution in [0.2, 0.25) is 0 Å². The van der Waals surface area contributed by atoms with Crippen LogP contribution < -0.4 is 11.3 Å². The minimum atomic E-state index is 0.0246. The number of aromatic nitrogens is 2. The third-order valence-corrected chi connectivity index (χ3v) is 4.58. The van der Waals surface area contributed by atoms with Crippen molar-refractivity contribution < 1.29 is 0 Å². The van der Waals surface area contributed by atoms with Crippen LogP contribution in [-0.4, -0.2) is 9.59 Å². The molecule has 0 fully saturated rings. The molecule has 0 aromatic carbocycles. The number of thiophene rings is 1. The van der Waals surface area contributed by atoms with E-state index in [4.69, 9.17) is 5.84 Å². The highest BCUT2D eigenvalue weighted by atomic mass is 32.1. The van der Waals surface area contributed by atoms with Crippen LogP contribution in [0.25, 0.3) is 0 Å². The third kappa shape index (κ3) is 2.55. The van der Waals surface area contributed by atoms with E-state index in [9.17, 15) is 0 Å². The fourth-order valence-corrected chi connectivity index (χ4v) is 3.63. The first kappa shape index (κ1) is 12.6. The van der Waals surface area contributed by atoms with Gasteiger partial charge < -0.3 is 0 Å². The van der Waals surface area contributed by atoms with Crippen LogP contribution in [0.1, 0.15) is 40.4 Å². The minimum Gasteiger partial charge on any atom is -0.271 e. The van der Waals surface area contributed by atoms with Gasteiger partial charge in [0.15, 0.2) is 0 Å². The molecule has 0 aliphatic rings. The van der Waals surface area contributed by atoms with Crippen molar-refractivity contribution in [2.24, 2.45) is 5.84 Å². The summed E-state index contributed by atoms with van der Waals surface area (Å²) < 4.78 is 4.05. The molecule has 0 bridgehead atoms. The van der Waals surface area contributed by atoms with Gasteiger partial charge in [0.05, 0.1) is 16.6 Å². The lowest BCUT2D eigenvalue weighted by molar-refractivity contribution is 0.643. The second-order valence-corrected chi connectivity index (χ2v) is 5.63. The van der Waals surface area contributed by atoms with Gasteiger partial charge in [0.25, 0.3) is 0 Å². The van der Waals surface area contributed by atoms with Gasteiger partial charge in [-0.05, 0) is 41.9 Å². The molecule has 0 aliphatic carbocycles. The van der Waals surface area contributed by atoms with Crippen molar-refractivity contribution in [2.75, 3.05) is 0 Å². The van der Waals surface area contributed by atoms with Crippen molar-refractivity contribution in [1.29, 1.82) is 0 Å². The number of aryl methyl sites for hydroxylation is 2. The van der Waals surface area contributed by atoms with Crippen LogP contribution >= 0.6 is 22.9 Å². The second-order valence-electron chi connectivity index (χ2n) is 3.90. The highest BCUT2D eigenvalue weighted by Gasteiger charge is 2.22. The van der Waals surface area contributed by atoms with Gasteiger partial charge in [0.2, 0.25) is 0 Å². The molecule has 3 N–H and O–H groups in total. The highest BCUT2D eigenvalue weighted by Crippen LogP contribution is 2.32. The first-order valence-corrected chi connectivity index (χ1v) is 7.24. The fraction of sp³-hybridized carbons (Fsp3) is 0.455. The van der Waals surface area contributed by atoms with Gasteiger partial charge in [-0.3, -0.25) is 5.84 Å². The Kier molecular flexibility index (Phi) is 4.22. The minimum absolute atomic E-state index is 0.0246. The van der Waals surface area contributed by atoms with E-state index in [1.165, 1.54) is 22.0 Å². The molecule has 2 aromatic rings. The lowest BCUT2D eigenvalue weighted by Crippen LogP contribution is -2.28. The average Bonchev–Trinajstić information content (AvgIpc) is 2.92. The number of hydrogen-bond acceptors (Lipinski definition) is 6. The van der Waals surface area contributed by atoms with Crippen LogP contribution in [0.4, 0.5) is 0 Å². The molecule has 0 amide bonds. The van der Waals surface area contributed by atoms with Crippen LogP contribution in [0.5, 0.6) is 0 Å². The summed E-state index contributed by atoms with van der Waals surface area (Å²) in [6.45, 7) is 4.24. The Labute approximate surface area is 109 Å². The van der Waals surface area contributed by atoms with Gasteiger partial charge in [-0.15, -0.1) is 16.4 Å². The highest BCUT2D eigenvalue weighted by molar-refractivity contribution is 7.10. The molecular formula is C11H16N4S2. The zero-order valence-electron chi connectivity index (χ0n) is 9.93. The van der Waals surface area contributed by atoms with Gasteiger partial charge in [-0.25, -0.2) is 5.43 Å². The summed E-state index contributed by atoms with van der Waals surface area (Å²) in [5, 5.41) is 6.28. The Bertz CT molecular complexity index is 477. The molecule has 0 spiro atoms. The van der Waals surface area contributed by atoms with Crippen molar-refractivity contribution in [2.45, 2.75) is 32.7 Å². The normalized spacial score (nSPS) is 12.9. The molecule has 17 heavy (non-hydrogen) atoms. The Balaban J connectivity index is 2.35. The molecule has 92 valence electrons. The molecule has 1 unspecified atom stereocenters. The summed E-state index contributed by atoms with van der Waals surface area (Å²) in [5.41, 5.74) is 5.21. The van der Waals surface area contributed by atoms with Crippen LogP contribution in [0, 0.1) is 6.92 Å². The maximum absolute atomic E-state index is 5.70. The van der Waals surface area contributed by atoms with E-state index in [1.807, 2.05) is 0 Å². The van der Waals surface area contributed by atoms with Crippen LogP contribution in [-0.2, 0) is 6.42 Å². The smallest absolute Gasteiger partial charge is 0.0932 e. The second kappa shape index (κ2) is 5.68. The van der Waals surface area contributed by atoms with Crippen molar-refractivity contribution in [3.8, 4) is 0 Å². The molecule has 0 saturated heterocycles. The predicted molar refractivity (Wildman–Crippen MR) is 72.1 cm³/mol. The zero-order valence-corrected chi connectivity index (χ0v) is 11.6. The summed E-state index contributed by atoms with van der Waals surface area (Å²) >= 11 is 3.15. The first-order valence-electron chi connectivity index (χ1n) is 5.59. The number of rotatable bonds is 5. The van der Waals surface area contributed by atoms with Gasteiger partial charge in [0, 0.05) is 4.88 Å². The maximum Gasteiger partial charge on any atom is 0.0932 e. The van der Waals surface area contributed by atoms with Crippen LogP contribution in [0.15, 0.2) is 11.4 Å². The van der Waals surface area contributed by atoms with Crippen LogP contribution in [0.3, 0.4) is 0 Å². The monoisotopic (exact) mass is 268 g/mol. The molecule has 2 rings (SSSR count). The summed E-state index contributed by atoms with van der Waals surface area (Å²) in [5.74, 6) is 5.70. The SMILES string of the molecule is CCCc1nnsc1C(NN)c1sccc1C. The lowest BCUT2D eigenvalue weighted by atomic mass is 10.1. The summed E-state index contributed by atoms with van der Waals surface area (Å²) in [6, 6.07) is 2.13. The van der Waals surface area contributed by atoms with Crippen molar-refractivity contribution >= 4 is 22.9 Å². The molecule has 2 heterocycles. The maximum atomic E-state index is 5.70. The Hall–Kier alpha value is -0.820. The number of nitrogens with zero attached hydrogens (tertiary/aromatic N) is 2. The number of nitrogens with one attached hydrogen (secondary N) is 1. The first-order chi connectivity index (χ1) is 8.27. The number of hydrazine groups is 1. The molecule has 0 radical (unpaired) electrons. The summed E-state index contributed by atoms with van der Waals surface area (Å²) in [4.78, 5) is 2.39. The molecule has 4 nitrogen and oxygen atoms in total. The number of hydrogen-bond donors (Lipinski definition) is 2. The molecule has 0 aliphatic heterocycles. The molecular weight excluding hydrogens is 252 g/mol. The van der Waals surface area contributed by atoms with E-state index in [1.54, 1.807) is 11.3 Å². The van der Waals surface area contributed by atoms with Gasteiger partial charge in [0.1, 0.15) is 0 Å².